The molecule has 0 aliphatic carbocycles. The highest BCUT2D eigenvalue weighted by atomic mass is 35.5. The molecule has 0 aliphatic heterocycles. The number of hydrogen-bond acceptors (Lipinski definition) is 3. The maximum atomic E-state index is 12.8. The minimum absolute atomic E-state index is 0.186. The van der Waals surface area contributed by atoms with E-state index in [1.807, 2.05) is 0 Å². The summed E-state index contributed by atoms with van der Waals surface area (Å²) in [6.45, 7) is 1.71. The Morgan fingerprint density at radius 2 is 1.81 bits per heavy atom. The lowest BCUT2D eigenvalue weighted by atomic mass is 10.2. The molecule has 5 nitrogen and oxygen atoms in total. The van der Waals surface area contributed by atoms with Gasteiger partial charge in [0.2, 0.25) is 15.9 Å². The van der Waals surface area contributed by atoms with Gasteiger partial charge in [-0.05, 0) is 36.8 Å². The maximum absolute atomic E-state index is 12.8. The standard InChI is InChI=1S/C17H17Cl3N2O3S/c1-3-15(17(23)21-14-9-5-8-13(19)16(14)20)22(26(2,24)25)12-7-4-6-11(18)10-12/h4-10,15H,3H2,1-2H3,(H,21,23)/t15-/m0/s1. The van der Waals surface area contributed by atoms with Crippen LogP contribution >= 0.6 is 34.8 Å². The Balaban J connectivity index is 2.42. The third kappa shape index (κ3) is 4.82. The quantitative estimate of drug-likeness (QED) is 0.706. The van der Waals surface area contributed by atoms with E-state index in [1.54, 1.807) is 43.3 Å². The summed E-state index contributed by atoms with van der Waals surface area (Å²) < 4.78 is 25.8. The molecule has 0 spiro atoms. The Labute approximate surface area is 167 Å². The molecular weight excluding hydrogens is 419 g/mol. The van der Waals surface area contributed by atoms with Crippen LogP contribution in [0.15, 0.2) is 42.5 Å². The number of benzene rings is 2. The third-order valence-corrected chi connectivity index (χ3v) is 5.84. The van der Waals surface area contributed by atoms with Gasteiger partial charge in [-0.15, -0.1) is 0 Å². The molecule has 0 radical (unpaired) electrons. The molecule has 0 fully saturated rings. The second-order valence-corrected chi connectivity index (χ2v) is 8.63. The first-order chi connectivity index (χ1) is 12.1. The fourth-order valence-electron chi connectivity index (χ4n) is 2.49. The predicted molar refractivity (Wildman–Crippen MR) is 108 cm³/mol. The van der Waals surface area contributed by atoms with Crippen molar-refractivity contribution in [2.75, 3.05) is 15.9 Å². The van der Waals surface area contributed by atoms with E-state index in [1.165, 1.54) is 6.07 Å². The molecule has 1 amide bonds. The van der Waals surface area contributed by atoms with Gasteiger partial charge in [0.15, 0.2) is 0 Å². The van der Waals surface area contributed by atoms with E-state index >= 15 is 0 Å². The van der Waals surface area contributed by atoms with Crippen LogP contribution in [0, 0.1) is 0 Å². The molecule has 0 aromatic heterocycles. The molecule has 0 saturated carbocycles. The van der Waals surface area contributed by atoms with E-state index in [4.69, 9.17) is 34.8 Å². The number of amides is 1. The smallest absolute Gasteiger partial charge is 0.248 e. The van der Waals surface area contributed by atoms with Gasteiger partial charge < -0.3 is 5.32 Å². The summed E-state index contributed by atoms with van der Waals surface area (Å²) in [4.78, 5) is 12.8. The highest BCUT2D eigenvalue weighted by Gasteiger charge is 2.32. The van der Waals surface area contributed by atoms with Crippen LogP contribution < -0.4 is 9.62 Å². The fourth-order valence-corrected chi connectivity index (χ4v) is 4.23. The molecule has 1 N–H and O–H groups in total. The summed E-state index contributed by atoms with van der Waals surface area (Å²) in [6.07, 6.45) is 1.28. The molecule has 0 aliphatic rings. The number of nitrogens with zero attached hydrogens (tertiary/aromatic N) is 1. The first kappa shape index (κ1) is 20.8. The van der Waals surface area contributed by atoms with Crippen LogP contribution in [0.25, 0.3) is 0 Å². The monoisotopic (exact) mass is 434 g/mol. The SMILES string of the molecule is CC[C@@H](C(=O)Nc1cccc(Cl)c1Cl)N(c1cccc(Cl)c1)S(C)(=O)=O. The fraction of sp³-hybridized carbons (Fsp3) is 0.235. The van der Waals surface area contributed by atoms with E-state index in [0.717, 1.165) is 10.6 Å². The molecule has 0 saturated heterocycles. The molecule has 0 bridgehead atoms. The summed E-state index contributed by atoms with van der Waals surface area (Å²) in [5.41, 5.74) is 0.612. The molecule has 140 valence electrons. The molecule has 9 heteroatoms. The van der Waals surface area contributed by atoms with Gasteiger partial charge in [-0.2, -0.15) is 0 Å². The van der Waals surface area contributed by atoms with Crippen molar-refractivity contribution in [3.8, 4) is 0 Å². The van der Waals surface area contributed by atoms with Gasteiger partial charge in [0.25, 0.3) is 0 Å². The Morgan fingerprint density at radius 1 is 1.15 bits per heavy atom. The van der Waals surface area contributed by atoms with Crippen LogP contribution in [-0.4, -0.2) is 26.6 Å². The van der Waals surface area contributed by atoms with E-state index in [9.17, 15) is 13.2 Å². The predicted octanol–water partition coefficient (Wildman–Crippen LogP) is 4.83. The minimum Gasteiger partial charge on any atom is -0.323 e. The van der Waals surface area contributed by atoms with Crippen molar-refractivity contribution in [2.45, 2.75) is 19.4 Å². The number of anilines is 2. The zero-order valence-electron chi connectivity index (χ0n) is 14.0. The zero-order chi connectivity index (χ0) is 19.5. The van der Waals surface area contributed by atoms with Crippen molar-refractivity contribution in [1.82, 2.24) is 0 Å². The van der Waals surface area contributed by atoms with Gasteiger partial charge in [0, 0.05) is 5.02 Å². The number of sulfonamides is 1. The van der Waals surface area contributed by atoms with Crippen LogP contribution in [0.2, 0.25) is 15.1 Å². The van der Waals surface area contributed by atoms with Gasteiger partial charge in [-0.25, -0.2) is 8.42 Å². The molecule has 26 heavy (non-hydrogen) atoms. The van der Waals surface area contributed by atoms with Crippen LogP contribution in [0.1, 0.15) is 13.3 Å². The van der Waals surface area contributed by atoms with Crippen molar-refractivity contribution < 1.29 is 13.2 Å². The van der Waals surface area contributed by atoms with Gasteiger partial charge >= 0.3 is 0 Å². The number of rotatable bonds is 6. The number of nitrogens with one attached hydrogen (secondary N) is 1. The van der Waals surface area contributed by atoms with Gasteiger partial charge in [-0.3, -0.25) is 9.10 Å². The molecule has 2 aromatic rings. The zero-order valence-corrected chi connectivity index (χ0v) is 17.1. The summed E-state index contributed by atoms with van der Waals surface area (Å²) in [7, 11) is -3.75. The van der Waals surface area contributed by atoms with E-state index in [-0.39, 0.29) is 16.5 Å². The number of halogens is 3. The molecule has 2 aromatic carbocycles. The lowest BCUT2D eigenvalue weighted by molar-refractivity contribution is -0.117. The van der Waals surface area contributed by atoms with Crippen molar-refractivity contribution in [3.63, 3.8) is 0 Å². The summed E-state index contributed by atoms with van der Waals surface area (Å²) >= 11 is 18.0. The highest BCUT2D eigenvalue weighted by molar-refractivity contribution is 7.92. The first-order valence-corrected chi connectivity index (χ1v) is 10.6. The van der Waals surface area contributed by atoms with Crippen LogP contribution in [0.5, 0.6) is 0 Å². The highest BCUT2D eigenvalue weighted by Crippen LogP contribution is 2.31. The number of carbonyl (C=O) groups excluding carboxylic acids is 1. The molecule has 2 rings (SSSR count). The largest absolute Gasteiger partial charge is 0.323 e. The third-order valence-electron chi connectivity index (χ3n) is 3.60. The molecule has 0 heterocycles. The topological polar surface area (TPSA) is 66.5 Å². The molecule has 1 atom stereocenters. The lowest BCUT2D eigenvalue weighted by Crippen LogP contribution is -2.47. The van der Waals surface area contributed by atoms with E-state index in [0.29, 0.717) is 16.4 Å². The van der Waals surface area contributed by atoms with Crippen molar-refractivity contribution in [3.05, 3.63) is 57.5 Å². The maximum Gasteiger partial charge on any atom is 0.248 e. The van der Waals surface area contributed by atoms with Crippen LogP contribution in [-0.2, 0) is 14.8 Å². The van der Waals surface area contributed by atoms with Crippen LogP contribution in [0.3, 0.4) is 0 Å². The normalized spacial score (nSPS) is 12.5. The van der Waals surface area contributed by atoms with Gasteiger partial charge in [0.05, 0.1) is 27.7 Å². The average molecular weight is 436 g/mol. The lowest BCUT2D eigenvalue weighted by Gasteiger charge is -2.30. The Bertz CT molecular complexity index is 919. The summed E-state index contributed by atoms with van der Waals surface area (Å²) in [6, 6.07) is 10.1. The number of carbonyl (C=O) groups is 1. The minimum atomic E-state index is -3.75. The molecule has 0 unspecified atom stereocenters. The Kier molecular flexibility index (Phi) is 6.80. The van der Waals surface area contributed by atoms with Gasteiger partial charge in [-0.1, -0.05) is 53.9 Å². The van der Waals surface area contributed by atoms with Crippen LogP contribution in [0.4, 0.5) is 11.4 Å². The van der Waals surface area contributed by atoms with Crippen molar-refractivity contribution in [2.24, 2.45) is 0 Å². The Morgan fingerprint density at radius 3 is 2.38 bits per heavy atom. The second kappa shape index (κ2) is 8.48. The van der Waals surface area contributed by atoms with Crippen molar-refractivity contribution in [1.29, 1.82) is 0 Å². The summed E-state index contributed by atoms with van der Waals surface area (Å²) in [5.74, 6) is -0.526. The summed E-state index contributed by atoms with van der Waals surface area (Å²) in [5, 5.41) is 3.48. The van der Waals surface area contributed by atoms with Crippen molar-refractivity contribution >= 4 is 62.1 Å². The Hall–Kier alpha value is -1.47. The van der Waals surface area contributed by atoms with E-state index < -0.39 is 22.0 Å². The molecular formula is C17H17Cl3N2O3S. The van der Waals surface area contributed by atoms with Gasteiger partial charge in [0.1, 0.15) is 6.04 Å². The van der Waals surface area contributed by atoms with E-state index in [2.05, 4.69) is 5.32 Å². The second-order valence-electron chi connectivity index (χ2n) is 5.55. The first-order valence-electron chi connectivity index (χ1n) is 7.65. The average Bonchev–Trinajstić information content (AvgIpc) is 2.55. The number of hydrogen-bond donors (Lipinski definition) is 1.